The van der Waals surface area contributed by atoms with Crippen LogP contribution in [0.4, 0.5) is 5.69 Å². The lowest BCUT2D eigenvalue weighted by Crippen LogP contribution is -2.44. The van der Waals surface area contributed by atoms with E-state index < -0.39 is 0 Å². The fraction of sp³-hybridized carbons (Fsp3) is 0.500. The Morgan fingerprint density at radius 2 is 1.95 bits per heavy atom. The largest absolute Gasteiger partial charge is 0.242 e. The van der Waals surface area contributed by atoms with Gasteiger partial charge in [-0.15, -0.1) is 0 Å². The lowest BCUT2D eigenvalue weighted by Gasteiger charge is -2.35. The number of para-hydroxylation sites is 1. The van der Waals surface area contributed by atoms with Crippen molar-refractivity contribution in [1.29, 1.82) is 0 Å². The Morgan fingerprint density at radius 3 is 2.84 bits per heavy atom. The predicted octanol–water partition coefficient (Wildman–Crippen LogP) is 3.45. The molecule has 0 N–H and O–H groups in total. The first-order valence-corrected chi connectivity index (χ1v) is 7.35. The molecule has 0 saturated heterocycles. The number of allylic oxidation sites excluding steroid dienone is 2. The summed E-state index contributed by atoms with van der Waals surface area (Å²) in [5, 5.41) is 11.3. The molecule has 0 unspecified atom stereocenters. The molecule has 5 rings (SSSR count). The molecule has 0 amide bonds. The predicted molar refractivity (Wildman–Crippen MR) is 73.7 cm³/mol. The molecule has 2 saturated carbocycles. The van der Waals surface area contributed by atoms with Gasteiger partial charge < -0.3 is 0 Å². The van der Waals surface area contributed by atoms with E-state index in [1.165, 1.54) is 18.5 Å². The number of hydrogen-bond acceptors (Lipinski definition) is 3. The molecule has 1 aromatic rings. The molecule has 0 spiro atoms. The molecule has 2 bridgehead atoms. The molecule has 96 valence electrons. The maximum Gasteiger partial charge on any atom is 0.0990 e. The maximum atomic E-state index is 4.62. The van der Waals surface area contributed by atoms with Crippen LogP contribution in [0.5, 0.6) is 0 Å². The van der Waals surface area contributed by atoms with E-state index in [1.54, 1.807) is 0 Å². The minimum absolute atomic E-state index is 0.439. The zero-order valence-corrected chi connectivity index (χ0v) is 10.8. The first-order chi connectivity index (χ1) is 9.43. The molecule has 6 atom stereocenters. The van der Waals surface area contributed by atoms with Crippen molar-refractivity contribution in [2.75, 3.05) is 5.01 Å². The van der Waals surface area contributed by atoms with Crippen molar-refractivity contribution in [1.82, 2.24) is 0 Å². The van der Waals surface area contributed by atoms with Gasteiger partial charge in [0.05, 0.1) is 17.8 Å². The average molecular weight is 251 g/mol. The number of nitrogens with zero attached hydrogens (tertiary/aromatic N) is 3. The molecule has 1 aliphatic heterocycles. The third-order valence-corrected chi connectivity index (χ3v) is 5.66. The Labute approximate surface area is 113 Å². The van der Waals surface area contributed by atoms with Crippen molar-refractivity contribution < 1.29 is 0 Å². The van der Waals surface area contributed by atoms with Crippen LogP contribution in [0, 0.1) is 23.7 Å². The van der Waals surface area contributed by atoms with Crippen LogP contribution in [0.2, 0.25) is 0 Å². The zero-order chi connectivity index (χ0) is 12.4. The van der Waals surface area contributed by atoms with Crippen molar-refractivity contribution in [3.8, 4) is 0 Å². The van der Waals surface area contributed by atoms with Gasteiger partial charge in [0.1, 0.15) is 0 Å². The topological polar surface area (TPSA) is 28.0 Å². The molecular formula is C16H17N3. The Kier molecular flexibility index (Phi) is 1.86. The van der Waals surface area contributed by atoms with E-state index in [2.05, 4.69) is 57.8 Å². The van der Waals surface area contributed by atoms with Gasteiger partial charge in [-0.25, -0.2) is 5.01 Å². The summed E-state index contributed by atoms with van der Waals surface area (Å²) in [6, 6.07) is 11.5. The molecule has 19 heavy (non-hydrogen) atoms. The Hall–Kier alpha value is -1.64. The monoisotopic (exact) mass is 251 g/mol. The van der Waals surface area contributed by atoms with Gasteiger partial charge in [0.25, 0.3) is 0 Å². The Morgan fingerprint density at radius 1 is 1.05 bits per heavy atom. The van der Waals surface area contributed by atoms with Gasteiger partial charge in [-0.3, -0.25) is 0 Å². The molecule has 3 heteroatoms. The molecule has 4 aliphatic rings. The second-order valence-electron chi connectivity index (χ2n) is 6.33. The average Bonchev–Trinajstić information content (AvgIpc) is 3.17. The SMILES string of the molecule is C1=C[C@H]2[C@H](C1)[C@H]1C[C@@H]2[C@@H]2N=NN(c3ccccc3)[C@H]12. The molecule has 0 aromatic heterocycles. The van der Waals surface area contributed by atoms with E-state index in [0.717, 1.165) is 23.7 Å². The summed E-state index contributed by atoms with van der Waals surface area (Å²) in [6.07, 6.45) is 7.47. The van der Waals surface area contributed by atoms with Crippen LogP contribution in [-0.2, 0) is 0 Å². The summed E-state index contributed by atoms with van der Waals surface area (Å²) in [7, 11) is 0. The number of hydrogen-bond donors (Lipinski definition) is 0. The molecule has 2 fully saturated rings. The fourth-order valence-electron chi connectivity index (χ4n) is 4.99. The van der Waals surface area contributed by atoms with Gasteiger partial charge in [-0.1, -0.05) is 35.6 Å². The van der Waals surface area contributed by atoms with Gasteiger partial charge in [0, 0.05) is 0 Å². The zero-order valence-electron chi connectivity index (χ0n) is 10.8. The second-order valence-corrected chi connectivity index (χ2v) is 6.33. The third kappa shape index (κ3) is 1.18. The molecule has 3 nitrogen and oxygen atoms in total. The Balaban J connectivity index is 1.53. The number of rotatable bonds is 1. The lowest BCUT2D eigenvalue weighted by molar-refractivity contribution is 0.238. The summed E-state index contributed by atoms with van der Waals surface area (Å²) in [6.45, 7) is 0. The minimum atomic E-state index is 0.439. The van der Waals surface area contributed by atoms with Crippen LogP contribution < -0.4 is 5.01 Å². The molecular weight excluding hydrogens is 234 g/mol. The standard InChI is InChI=1S/C16H17N3/c1-2-5-10(6-3-1)19-16-14-9-13(15(16)17-18-19)11-7-4-8-12(11)14/h1-7,11-16H,8-9H2/t11-,12-,13-,14+,15-,16+/m0/s1. The van der Waals surface area contributed by atoms with Crippen LogP contribution in [0.25, 0.3) is 0 Å². The van der Waals surface area contributed by atoms with Gasteiger partial charge in [0.15, 0.2) is 0 Å². The van der Waals surface area contributed by atoms with Crippen molar-refractivity contribution in [2.45, 2.75) is 24.9 Å². The van der Waals surface area contributed by atoms with Crippen LogP contribution in [0.15, 0.2) is 52.8 Å². The molecule has 1 aromatic carbocycles. The van der Waals surface area contributed by atoms with Crippen LogP contribution in [-0.4, -0.2) is 12.1 Å². The normalized spacial score (nSPS) is 44.9. The smallest absolute Gasteiger partial charge is 0.0990 e. The number of benzene rings is 1. The summed E-state index contributed by atoms with van der Waals surface area (Å²) in [4.78, 5) is 0. The fourth-order valence-corrected chi connectivity index (χ4v) is 4.99. The molecule has 3 aliphatic carbocycles. The number of anilines is 1. The number of fused-ring (bicyclic) bond motifs is 8. The van der Waals surface area contributed by atoms with E-state index in [1.807, 2.05) is 0 Å². The van der Waals surface area contributed by atoms with Gasteiger partial charge in [0.2, 0.25) is 0 Å². The van der Waals surface area contributed by atoms with Crippen molar-refractivity contribution in [3.05, 3.63) is 42.5 Å². The summed E-state index contributed by atoms with van der Waals surface area (Å²) in [5.74, 6) is 3.18. The first kappa shape index (κ1) is 10.2. The highest BCUT2D eigenvalue weighted by molar-refractivity contribution is 5.48. The van der Waals surface area contributed by atoms with Crippen LogP contribution in [0.1, 0.15) is 12.8 Å². The highest BCUT2D eigenvalue weighted by atomic mass is 15.6. The van der Waals surface area contributed by atoms with Crippen molar-refractivity contribution in [3.63, 3.8) is 0 Å². The second kappa shape index (κ2) is 3.47. The van der Waals surface area contributed by atoms with E-state index in [0.29, 0.717) is 12.1 Å². The van der Waals surface area contributed by atoms with E-state index in [9.17, 15) is 0 Å². The first-order valence-electron chi connectivity index (χ1n) is 7.35. The van der Waals surface area contributed by atoms with Gasteiger partial charge >= 0.3 is 0 Å². The minimum Gasteiger partial charge on any atom is -0.242 e. The van der Waals surface area contributed by atoms with Crippen LogP contribution >= 0.6 is 0 Å². The summed E-state index contributed by atoms with van der Waals surface area (Å²) < 4.78 is 0. The summed E-state index contributed by atoms with van der Waals surface area (Å²) in [5.41, 5.74) is 1.20. The third-order valence-electron chi connectivity index (χ3n) is 5.66. The van der Waals surface area contributed by atoms with Gasteiger partial charge in [-0.05, 0) is 48.6 Å². The van der Waals surface area contributed by atoms with E-state index in [-0.39, 0.29) is 0 Å². The maximum absolute atomic E-state index is 4.62. The quantitative estimate of drug-likeness (QED) is 0.702. The highest BCUT2D eigenvalue weighted by Gasteiger charge is 2.61. The van der Waals surface area contributed by atoms with E-state index in [4.69, 9.17) is 0 Å². The molecule has 0 radical (unpaired) electrons. The summed E-state index contributed by atoms with van der Waals surface area (Å²) >= 11 is 0. The van der Waals surface area contributed by atoms with Crippen molar-refractivity contribution >= 4 is 5.69 Å². The molecule has 1 heterocycles. The highest BCUT2D eigenvalue weighted by Crippen LogP contribution is 2.60. The van der Waals surface area contributed by atoms with Crippen molar-refractivity contribution in [2.24, 2.45) is 34.0 Å². The van der Waals surface area contributed by atoms with E-state index >= 15 is 0 Å². The van der Waals surface area contributed by atoms with Gasteiger partial charge in [-0.2, -0.15) is 5.11 Å². The van der Waals surface area contributed by atoms with Crippen LogP contribution in [0.3, 0.4) is 0 Å². The Bertz CT molecular complexity index is 565. The lowest BCUT2D eigenvalue weighted by atomic mass is 9.76.